The van der Waals surface area contributed by atoms with Gasteiger partial charge in [0, 0.05) is 48.1 Å². The van der Waals surface area contributed by atoms with Crippen molar-refractivity contribution in [2.75, 3.05) is 13.7 Å². The van der Waals surface area contributed by atoms with Gasteiger partial charge in [-0.2, -0.15) is 5.10 Å². The van der Waals surface area contributed by atoms with E-state index in [0.717, 1.165) is 22.2 Å². The van der Waals surface area contributed by atoms with Gasteiger partial charge in [0.2, 0.25) is 0 Å². The molecule has 3 heterocycles. The summed E-state index contributed by atoms with van der Waals surface area (Å²) >= 11 is 0. The molecule has 136 valence electrons. The Bertz CT molecular complexity index is 1070. The van der Waals surface area contributed by atoms with Crippen LogP contribution < -0.4 is 10.1 Å². The first-order valence-corrected chi connectivity index (χ1v) is 8.61. The van der Waals surface area contributed by atoms with Crippen LogP contribution in [-0.2, 0) is 6.54 Å². The van der Waals surface area contributed by atoms with Crippen LogP contribution in [0.3, 0.4) is 0 Å². The zero-order chi connectivity index (χ0) is 18.6. The van der Waals surface area contributed by atoms with Gasteiger partial charge in [-0.3, -0.25) is 14.9 Å². The van der Waals surface area contributed by atoms with Gasteiger partial charge in [0.15, 0.2) is 0 Å². The molecule has 0 saturated heterocycles. The van der Waals surface area contributed by atoms with Gasteiger partial charge < -0.3 is 14.6 Å². The zero-order valence-corrected chi connectivity index (χ0v) is 14.8. The highest BCUT2D eigenvalue weighted by atomic mass is 16.5. The van der Waals surface area contributed by atoms with Gasteiger partial charge in [0.05, 0.1) is 12.8 Å². The van der Waals surface area contributed by atoms with Gasteiger partial charge in [-0.05, 0) is 42.5 Å². The Morgan fingerprint density at radius 1 is 1.19 bits per heavy atom. The van der Waals surface area contributed by atoms with Crippen LogP contribution >= 0.6 is 0 Å². The van der Waals surface area contributed by atoms with Gasteiger partial charge in [-0.1, -0.05) is 0 Å². The Hall–Kier alpha value is -3.61. The summed E-state index contributed by atoms with van der Waals surface area (Å²) in [5.74, 6) is 0.652. The number of ether oxygens (including phenoxy) is 1. The fourth-order valence-electron chi connectivity index (χ4n) is 2.99. The number of carbonyl (C=O) groups excluding carboxylic acids is 1. The molecule has 1 aromatic carbocycles. The van der Waals surface area contributed by atoms with E-state index in [1.807, 2.05) is 42.6 Å². The highest BCUT2D eigenvalue weighted by molar-refractivity contribution is 5.93. The maximum atomic E-state index is 12.3. The summed E-state index contributed by atoms with van der Waals surface area (Å²) in [6, 6.07) is 13.4. The summed E-state index contributed by atoms with van der Waals surface area (Å²) in [6.45, 7) is 1.19. The Morgan fingerprint density at radius 2 is 2.04 bits per heavy atom. The van der Waals surface area contributed by atoms with Crippen molar-refractivity contribution in [1.29, 1.82) is 0 Å². The molecular weight excluding hydrogens is 342 g/mol. The summed E-state index contributed by atoms with van der Waals surface area (Å²) in [4.78, 5) is 16.3. The number of amides is 1. The molecule has 7 nitrogen and oxygen atoms in total. The SMILES string of the molecule is COc1ccc2c(ccn2CCNC(=O)c2cc(-c3ccncc3)n[nH]2)c1. The van der Waals surface area contributed by atoms with Crippen molar-refractivity contribution >= 4 is 16.8 Å². The van der Waals surface area contributed by atoms with Crippen molar-refractivity contribution in [1.82, 2.24) is 25.1 Å². The molecule has 0 aliphatic rings. The van der Waals surface area contributed by atoms with Gasteiger partial charge >= 0.3 is 0 Å². The highest BCUT2D eigenvalue weighted by Gasteiger charge is 2.11. The number of aromatic nitrogens is 4. The third kappa shape index (κ3) is 3.52. The van der Waals surface area contributed by atoms with Crippen LogP contribution in [0.2, 0.25) is 0 Å². The normalized spacial score (nSPS) is 10.9. The van der Waals surface area contributed by atoms with E-state index in [-0.39, 0.29) is 5.91 Å². The standard InChI is InChI=1S/C20H19N5O2/c1-27-16-2-3-19-15(12-16)6-10-25(19)11-9-22-20(26)18-13-17(23-24-18)14-4-7-21-8-5-14/h2-8,10,12-13H,9,11H2,1H3,(H,22,26)(H,23,24). The molecule has 3 aromatic heterocycles. The van der Waals surface area contributed by atoms with Crippen LogP contribution in [0.4, 0.5) is 0 Å². The minimum atomic E-state index is -0.180. The smallest absolute Gasteiger partial charge is 0.269 e. The number of H-pyrrole nitrogens is 1. The van der Waals surface area contributed by atoms with Gasteiger partial charge in [0.1, 0.15) is 11.4 Å². The molecule has 0 spiro atoms. The lowest BCUT2D eigenvalue weighted by molar-refractivity contribution is 0.0947. The van der Waals surface area contributed by atoms with Crippen molar-refractivity contribution < 1.29 is 9.53 Å². The number of benzene rings is 1. The lowest BCUT2D eigenvalue weighted by Gasteiger charge is -2.07. The second kappa shape index (κ2) is 7.33. The fraction of sp³-hybridized carbons (Fsp3) is 0.150. The number of rotatable bonds is 6. The van der Waals surface area contributed by atoms with Crippen LogP contribution in [0, 0.1) is 0 Å². The van der Waals surface area contributed by atoms with Gasteiger partial charge in [0.25, 0.3) is 5.91 Å². The molecule has 4 rings (SSSR count). The van der Waals surface area contributed by atoms with Crippen molar-refractivity contribution in [3.63, 3.8) is 0 Å². The van der Waals surface area contributed by atoms with Crippen LogP contribution in [0.5, 0.6) is 5.75 Å². The average Bonchev–Trinajstić information content (AvgIpc) is 3.36. The maximum absolute atomic E-state index is 12.3. The molecule has 0 saturated carbocycles. The minimum absolute atomic E-state index is 0.180. The van der Waals surface area contributed by atoms with E-state index in [0.29, 0.717) is 24.5 Å². The number of fused-ring (bicyclic) bond motifs is 1. The molecule has 27 heavy (non-hydrogen) atoms. The molecule has 7 heteroatoms. The Balaban J connectivity index is 1.38. The summed E-state index contributed by atoms with van der Waals surface area (Å²) in [5.41, 5.74) is 3.16. The molecule has 0 bridgehead atoms. The summed E-state index contributed by atoms with van der Waals surface area (Å²) in [6.07, 6.45) is 5.40. The predicted octanol–water partition coefficient (Wildman–Crippen LogP) is 2.87. The Morgan fingerprint density at radius 3 is 2.85 bits per heavy atom. The number of hydrogen-bond acceptors (Lipinski definition) is 4. The van der Waals surface area contributed by atoms with Gasteiger partial charge in [-0.25, -0.2) is 0 Å². The number of methoxy groups -OCH3 is 1. The van der Waals surface area contributed by atoms with Crippen molar-refractivity contribution in [2.45, 2.75) is 6.54 Å². The number of carbonyl (C=O) groups is 1. The number of aromatic amines is 1. The third-order valence-electron chi connectivity index (χ3n) is 4.42. The molecule has 1 amide bonds. The Kier molecular flexibility index (Phi) is 4.57. The summed E-state index contributed by atoms with van der Waals surface area (Å²) < 4.78 is 7.35. The molecule has 0 unspecified atom stereocenters. The molecule has 0 atom stereocenters. The highest BCUT2D eigenvalue weighted by Crippen LogP contribution is 2.21. The van der Waals surface area contributed by atoms with Crippen molar-refractivity contribution in [3.8, 4) is 17.0 Å². The zero-order valence-electron chi connectivity index (χ0n) is 14.8. The monoisotopic (exact) mass is 361 g/mol. The molecule has 2 N–H and O–H groups in total. The first-order chi connectivity index (χ1) is 13.2. The first-order valence-electron chi connectivity index (χ1n) is 8.61. The van der Waals surface area contributed by atoms with E-state index in [1.165, 1.54) is 0 Å². The number of hydrogen-bond donors (Lipinski definition) is 2. The van der Waals surface area contributed by atoms with E-state index in [2.05, 4.69) is 25.1 Å². The van der Waals surface area contributed by atoms with Crippen LogP contribution in [0.15, 0.2) is 61.1 Å². The molecule has 0 aliphatic heterocycles. The quantitative estimate of drug-likeness (QED) is 0.553. The minimum Gasteiger partial charge on any atom is -0.497 e. The van der Waals surface area contributed by atoms with Crippen molar-refractivity contribution in [2.24, 2.45) is 0 Å². The van der Waals surface area contributed by atoms with E-state index >= 15 is 0 Å². The molecule has 0 fully saturated rings. The molecule has 4 aromatic rings. The lowest BCUT2D eigenvalue weighted by Crippen LogP contribution is -2.27. The van der Waals surface area contributed by atoms with E-state index in [1.54, 1.807) is 25.6 Å². The Labute approximate surface area is 156 Å². The third-order valence-corrected chi connectivity index (χ3v) is 4.42. The largest absolute Gasteiger partial charge is 0.497 e. The number of nitrogens with zero attached hydrogens (tertiary/aromatic N) is 3. The first kappa shape index (κ1) is 16.8. The van der Waals surface area contributed by atoms with E-state index in [4.69, 9.17) is 4.74 Å². The van der Waals surface area contributed by atoms with E-state index < -0.39 is 0 Å². The fourth-order valence-corrected chi connectivity index (χ4v) is 2.99. The number of pyridine rings is 1. The maximum Gasteiger partial charge on any atom is 0.269 e. The van der Waals surface area contributed by atoms with Crippen LogP contribution in [0.25, 0.3) is 22.2 Å². The molecule has 0 radical (unpaired) electrons. The van der Waals surface area contributed by atoms with Crippen molar-refractivity contribution in [3.05, 3.63) is 66.7 Å². The molecular formula is C20H19N5O2. The average molecular weight is 361 g/mol. The lowest BCUT2D eigenvalue weighted by atomic mass is 10.2. The summed E-state index contributed by atoms with van der Waals surface area (Å²) in [7, 11) is 1.66. The second-order valence-corrected chi connectivity index (χ2v) is 6.09. The number of nitrogens with one attached hydrogen (secondary N) is 2. The predicted molar refractivity (Wildman–Crippen MR) is 103 cm³/mol. The topological polar surface area (TPSA) is 84.8 Å². The van der Waals surface area contributed by atoms with E-state index in [9.17, 15) is 4.79 Å². The molecule has 0 aliphatic carbocycles. The second-order valence-electron chi connectivity index (χ2n) is 6.09. The van der Waals surface area contributed by atoms with Crippen LogP contribution in [0.1, 0.15) is 10.5 Å². The summed E-state index contributed by atoms with van der Waals surface area (Å²) in [5, 5.41) is 11.0. The van der Waals surface area contributed by atoms with Gasteiger partial charge in [-0.15, -0.1) is 0 Å². The van der Waals surface area contributed by atoms with Crippen LogP contribution in [-0.4, -0.2) is 39.3 Å².